The van der Waals surface area contributed by atoms with Gasteiger partial charge < -0.3 is 14.3 Å². The lowest BCUT2D eigenvalue weighted by Crippen LogP contribution is -2.04. The van der Waals surface area contributed by atoms with Crippen molar-refractivity contribution in [1.82, 2.24) is 0 Å². The minimum absolute atomic E-state index is 0.126. The number of phenols is 1. The first kappa shape index (κ1) is 22.8. The maximum atomic E-state index is 13.4. The van der Waals surface area contributed by atoms with Crippen molar-refractivity contribution in [3.63, 3.8) is 0 Å². The van der Waals surface area contributed by atoms with Gasteiger partial charge in [0.2, 0.25) is 0 Å². The number of ketones is 1. The largest absolute Gasteiger partial charge is 0.506 e. The first-order chi connectivity index (χ1) is 15.4. The third-order valence-electron chi connectivity index (χ3n) is 5.07. The average Bonchev–Trinajstić information content (AvgIpc) is 3.15. The molecule has 6 heteroatoms. The minimum atomic E-state index is -0.126. The fourth-order valence-corrected chi connectivity index (χ4v) is 5.32. The Morgan fingerprint density at radius 3 is 2.41 bits per heavy atom. The zero-order valence-corrected chi connectivity index (χ0v) is 21.6. The fourth-order valence-electron chi connectivity index (χ4n) is 3.56. The number of aromatic hydroxyl groups is 1. The summed E-state index contributed by atoms with van der Waals surface area (Å²) in [6.07, 6.45) is 1.19. The molecule has 32 heavy (non-hydrogen) atoms. The second-order valence-electron chi connectivity index (χ2n) is 7.33. The SMILES string of the molecule is C=C(Cc1ccccc1)Oc1ccc2c(C(=O)c3cc(I)c(O)c(I)c3)c(CC)oc2c1. The monoisotopic (exact) mass is 650 g/mol. The van der Waals surface area contributed by atoms with E-state index in [0.29, 0.717) is 54.0 Å². The van der Waals surface area contributed by atoms with Crippen LogP contribution in [0.5, 0.6) is 11.5 Å². The van der Waals surface area contributed by atoms with Gasteiger partial charge in [0, 0.05) is 29.9 Å². The number of ether oxygens (including phenoxy) is 1. The van der Waals surface area contributed by atoms with Crippen molar-refractivity contribution in [2.24, 2.45) is 0 Å². The summed E-state index contributed by atoms with van der Waals surface area (Å²) < 4.78 is 13.2. The highest BCUT2D eigenvalue weighted by Crippen LogP contribution is 2.34. The van der Waals surface area contributed by atoms with E-state index in [1.165, 1.54) is 0 Å². The van der Waals surface area contributed by atoms with Crippen molar-refractivity contribution >= 4 is 61.9 Å². The lowest BCUT2D eigenvalue weighted by atomic mass is 9.99. The Morgan fingerprint density at radius 2 is 1.75 bits per heavy atom. The van der Waals surface area contributed by atoms with Gasteiger partial charge in [-0.3, -0.25) is 4.79 Å². The molecule has 4 aromatic rings. The number of furan rings is 1. The summed E-state index contributed by atoms with van der Waals surface area (Å²) in [5.74, 6) is 1.93. The van der Waals surface area contributed by atoms with Crippen LogP contribution in [0.2, 0.25) is 0 Å². The third kappa shape index (κ3) is 4.71. The van der Waals surface area contributed by atoms with Gasteiger partial charge in [0.15, 0.2) is 5.78 Å². The quantitative estimate of drug-likeness (QED) is 0.130. The molecule has 0 aliphatic heterocycles. The Labute approximate surface area is 213 Å². The van der Waals surface area contributed by atoms with Crippen molar-refractivity contribution in [2.45, 2.75) is 19.8 Å². The van der Waals surface area contributed by atoms with Crippen LogP contribution in [-0.4, -0.2) is 10.9 Å². The van der Waals surface area contributed by atoms with E-state index >= 15 is 0 Å². The Bertz CT molecular complexity index is 1300. The highest BCUT2D eigenvalue weighted by Gasteiger charge is 2.23. The molecule has 1 aromatic heterocycles. The molecule has 0 radical (unpaired) electrons. The number of phenolic OH excluding ortho intramolecular Hbond substituents is 1. The van der Waals surface area contributed by atoms with Crippen molar-refractivity contribution in [3.05, 3.63) is 103 Å². The molecule has 0 atom stereocenters. The Balaban J connectivity index is 1.65. The van der Waals surface area contributed by atoms with Crippen LogP contribution in [-0.2, 0) is 12.8 Å². The van der Waals surface area contributed by atoms with Crippen molar-refractivity contribution in [2.75, 3.05) is 0 Å². The van der Waals surface area contributed by atoms with E-state index in [1.807, 2.05) is 94.6 Å². The van der Waals surface area contributed by atoms with E-state index in [1.54, 1.807) is 18.2 Å². The number of hydrogen-bond acceptors (Lipinski definition) is 4. The Hall–Kier alpha value is -2.33. The van der Waals surface area contributed by atoms with Gasteiger partial charge in [-0.1, -0.05) is 43.8 Å². The first-order valence-electron chi connectivity index (χ1n) is 10.0. The summed E-state index contributed by atoms with van der Waals surface area (Å²) in [7, 11) is 0. The van der Waals surface area contributed by atoms with Crippen LogP contribution in [0.1, 0.15) is 34.2 Å². The van der Waals surface area contributed by atoms with E-state index in [2.05, 4.69) is 6.58 Å². The van der Waals surface area contributed by atoms with Crippen LogP contribution < -0.4 is 4.74 Å². The van der Waals surface area contributed by atoms with Gasteiger partial charge in [-0.2, -0.15) is 0 Å². The zero-order valence-electron chi connectivity index (χ0n) is 17.3. The van der Waals surface area contributed by atoms with Crippen LogP contribution in [0, 0.1) is 7.14 Å². The number of carbonyl (C=O) groups is 1. The molecule has 4 rings (SSSR count). The third-order valence-corrected chi connectivity index (χ3v) is 6.71. The number of benzene rings is 3. The van der Waals surface area contributed by atoms with Gasteiger partial charge >= 0.3 is 0 Å². The second-order valence-corrected chi connectivity index (χ2v) is 9.66. The lowest BCUT2D eigenvalue weighted by molar-refractivity contribution is 0.103. The van der Waals surface area contributed by atoms with Crippen LogP contribution in [0.15, 0.2) is 77.4 Å². The normalized spacial score (nSPS) is 11.0. The number of rotatable bonds is 7. The van der Waals surface area contributed by atoms with Crippen LogP contribution in [0.25, 0.3) is 11.0 Å². The van der Waals surface area contributed by atoms with Crippen molar-refractivity contribution in [1.29, 1.82) is 0 Å². The van der Waals surface area contributed by atoms with Gasteiger partial charge in [0.1, 0.15) is 28.6 Å². The van der Waals surface area contributed by atoms with E-state index in [4.69, 9.17) is 9.15 Å². The van der Waals surface area contributed by atoms with Crippen LogP contribution in [0.4, 0.5) is 0 Å². The summed E-state index contributed by atoms with van der Waals surface area (Å²) >= 11 is 4.06. The second kappa shape index (κ2) is 9.66. The van der Waals surface area contributed by atoms with E-state index in [0.717, 1.165) is 10.9 Å². The number of allylic oxidation sites excluding steroid dienone is 1. The molecule has 4 nitrogen and oxygen atoms in total. The van der Waals surface area contributed by atoms with Crippen molar-refractivity contribution in [3.8, 4) is 11.5 Å². The molecule has 0 unspecified atom stereocenters. The molecule has 0 aliphatic rings. The molecule has 0 aliphatic carbocycles. The molecule has 0 fully saturated rings. The van der Waals surface area contributed by atoms with Crippen molar-refractivity contribution < 1.29 is 19.1 Å². The standard InChI is InChI=1S/C26H20I2O4/c1-3-22-24(25(29)17-12-20(27)26(30)21(28)13-17)19-10-9-18(14-23(19)32-22)31-15(2)11-16-7-5-4-6-8-16/h4-10,12-14,30H,2-3,11H2,1H3. The molecular weight excluding hydrogens is 630 g/mol. The molecular formula is C26H20I2O4. The average molecular weight is 650 g/mol. The molecule has 162 valence electrons. The number of aryl methyl sites for hydroxylation is 1. The number of hydrogen-bond donors (Lipinski definition) is 1. The van der Waals surface area contributed by atoms with Gasteiger partial charge in [0.05, 0.1) is 12.7 Å². The lowest BCUT2D eigenvalue weighted by Gasteiger charge is -2.09. The number of halogens is 2. The van der Waals surface area contributed by atoms with Gasteiger partial charge in [-0.15, -0.1) is 0 Å². The molecule has 0 amide bonds. The van der Waals surface area contributed by atoms with Crippen LogP contribution in [0.3, 0.4) is 0 Å². The summed E-state index contributed by atoms with van der Waals surface area (Å²) in [4.78, 5) is 13.4. The van der Waals surface area contributed by atoms with E-state index < -0.39 is 0 Å². The molecule has 1 heterocycles. The molecule has 3 aromatic carbocycles. The van der Waals surface area contributed by atoms with Gasteiger partial charge in [0.25, 0.3) is 0 Å². The summed E-state index contributed by atoms with van der Waals surface area (Å²) in [6, 6.07) is 18.9. The highest BCUT2D eigenvalue weighted by molar-refractivity contribution is 14.1. The van der Waals surface area contributed by atoms with Gasteiger partial charge in [-0.25, -0.2) is 0 Å². The predicted molar refractivity (Wildman–Crippen MR) is 142 cm³/mol. The smallest absolute Gasteiger partial charge is 0.197 e. The summed E-state index contributed by atoms with van der Waals surface area (Å²) in [6.45, 7) is 5.98. The Kier molecular flexibility index (Phi) is 6.90. The summed E-state index contributed by atoms with van der Waals surface area (Å²) in [5.41, 5.74) is 2.79. The minimum Gasteiger partial charge on any atom is -0.506 e. The molecule has 0 saturated heterocycles. The first-order valence-corrected chi connectivity index (χ1v) is 12.2. The zero-order chi connectivity index (χ0) is 22.8. The topological polar surface area (TPSA) is 59.7 Å². The maximum absolute atomic E-state index is 13.4. The highest BCUT2D eigenvalue weighted by atomic mass is 127. The van der Waals surface area contributed by atoms with E-state index in [9.17, 15) is 9.90 Å². The fraction of sp³-hybridized carbons (Fsp3) is 0.115. The van der Waals surface area contributed by atoms with Crippen LogP contribution >= 0.6 is 45.2 Å². The summed E-state index contributed by atoms with van der Waals surface area (Å²) in [5, 5.41) is 10.8. The molecule has 1 N–H and O–H groups in total. The molecule has 0 saturated carbocycles. The number of fused-ring (bicyclic) bond motifs is 1. The molecule has 0 spiro atoms. The molecule has 0 bridgehead atoms. The maximum Gasteiger partial charge on any atom is 0.197 e. The van der Waals surface area contributed by atoms with Gasteiger partial charge in [-0.05, 0) is 75.0 Å². The predicted octanol–water partition coefficient (Wildman–Crippen LogP) is 7.28. The number of carbonyl (C=O) groups excluding carboxylic acids is 1. The van der Waals surface area contributed by atoms with E-state index in [-0.39, 0.29) is 11.5 Å². The Morgan fingerprint density at radius 1 is 1.06 bits per heavy atom.